The van der Waals surface area contributed by atoms with Crippen LogP contribution in [0, 0.1) is 0 Å². The molecule has 0 N–H and O–H groups in total. The largest absolute Gasteiger partial charge is 0.473 e. The number of hydrogen-bond acceptors (Lipinski definition) is 1. The first-order chi connectivity index (χ1) is 15.9. The average molecular weight is 411 g/mol. The maximum atomic E-state index is 6.98. The van der Waals surface area contributed by atoms with Crippen molar-refractivity contribution in [2.75, 3.05) is 0 Å². The second-order valence-electron chi connectivity index (χ2n) is 8.15. The molecule has 152 valence electrons. The third-order valence-corrected chi connectivity index (χ3v) is 6.27. The Balaban J connectivity index is 1.72. The van der Waals surface area contributed by atoms with Crippen molar-refractivity contribution < 1.29 is 4.74 Å². The van der Waals surface area contributed by atoms with Gasteiger partial charge in [-0.2, -0.15) is 0 Å². The van der Waals surface area contributed by atoms with Crippen molar-refractivity contribution in [2.24, 2.45) is 0 Å². The van der Waals surface area contributed by atoms with Gasteiger partial charge in [0, 0.05) is 16.7 Å². The van der Waals surface area contributed by atoms with Gasteiger partial charge >= 0.3 is 0 Å². The molecular weight excluding hydrogens is 388 g/mol. The minimum absolute atomic E-state index is 0.719. The van der Waals surface area contributed by atoms with E-state index in [-0.39, 0.29) is 0 Å². The van der Waals surface area contributed by atoms with Crippen LogP contribution in [-0.4, -0.2) is 0 Å². The summed E-state index contributed by atoms with van der Waals surface area (Å²) in [6.07, 6.45) is 2.31. The molecule has 32 heavy (non-hydrogen) atoms. The van der Waals surface area contributed by atoms with Gasteiger partial charge in [0.15, 0.2) is 5.60 Å². The fourth-order valence-corrected chi connectivity index (χ4v) is 4.76. The molecule has 0 aliphatic carbocycles. The smallest absolute Gasteiger partial charge is 0.178 e. The van der Waals surface area contributed by atoms with Gasteiger partial charge in [0.25, 0.3) is 0 Å². The SMILES string of the molecule is C1=C(c2ccccc2)c2c(ccc3ccccc23)OC1(c1ccccc1)c1ccccc1. The van der Waals surface area contributed by atoms with Gasteiger partial charge < -0.3 is 4.74 Å². The fraction of sp³-hybridized carbons (Fsp3) is 0.0323. The van der Waals surface area contributed by atoms with Gasteiger partial charge in [-0.25, -0.2) is 0 Å². The first-order valence-electron chi connectivity index (χ1n) is 11.0. The van der Waals surface area contributed by atoms with Crippen molar-refractivity contribution in [1.29, 1.82) is 0 Å². The Labute approximate surface area is 188 Å². The highest BCUT2D eigenvalue weighted by molar-refractivity contribution is 6.01. The molecule has 1 heteroatoms. The van der Waals surface area contributed by atoms with E-state index in [9.17, 15) is 0 Å². The Bertz CT molecular complexity index is 1380. The van der Waals surface area contributed by atoms with Crippen molar-refractivity contribution in [3.8, 4) is 5.75 Å². The lowest BCUT2D eigenvalue weighted by Crippen LogP contribution is -2.35. The van der Waals surface area contributed by atoms with Crippen LogP contribution in [0.1, 0.15) is 22.3 Å². The number of hydrogen-bond donors (Lipinski definition) is 0. The standard InChI is InChI=1S/C31H22O/c1-4-12-23(13-5-1)28-22-31(25-15-6-2-7-16-25,26-17-8-3-9-18-26)32-29-21-20-24-14-10-11-19-27(24)30(28)29/h1-22H. The molecule has 0 atom stereocenters. The minimum atomic E-state index is -0.719. The summed E-state index contributed by atoms with van der Waals surface area (Å²) in [5, 5.41) is 2.42. The second-order valence-corrected chi connectivity index (χ2v) is 8.15. The topological polar surface area (TPSA) is 9.23 Å². The quantitative estimate of drug-likeness (QED) is 0.297. The summed E-state index contributed by atoms with van der Waals surface area (Å²) < 4.78 is 6.98. The van der Waals surface area contributed by atoms with Crippen LogP contribution in [0.2, 0.25) is 0 Å². The summed E-state index contributed by atoms with van der Waals surface area (Å²) in [6, 6.07) is 44.5. The van der Waals surface area contributed by atoms with Gasteiger partial charge in [0.05, 0.1) is 0 Å². The minimum Gasteiger partial charge on any atom is -0.473 e. The number of ether oxygens (including phenoxy) is 1. The molecule has 5 aromatic carbocycles. The van der Waals surface area contributed by atoms with Crippen LogP contribution in [0.3, 0.4) is 0 Å². The molecule has 6 rings (SSSR count). The molecular formula is C31H22O. The molecule has 0 radical (unpaired) electrons. The van der Waals surface area contributed by atoms with Gasteiger partial charge in [0.1, 0.15) is 5.75 Å². The zero-order valence-corrected chi connectivity index (χ0v) is 17.6. The zero-order chi connectivity index (χ0) is 21.4. The Morgan fingerprint density at radius 2 is 1.06 bits per heavy atom. The van der Waals surface area contributed by atoms with Crippen LogP contribution in [0.5, 0.6) is 5.75 Å². The summed E-state index contributed by atoms with van der Waals surface area (Å²) in [6.45, 7) is 0. The molecule has 0 unspecified atom stereocenters. The molecule has 0 saturated heterocycles. The highest BCUT2D eigenvalue weighted by atomic mass is 16.5. The molecule has 5 aromatic rings. The first kappa shape index (κ1) is 18.7. The van der Waals surface area contributed by atoms with Crippen molar-refractivity contribution >= 4 is 16.3 Å². The van der Waals surface area contributed by atoms with E-state index in [1.165, 1.54) is 21.9 Å². The van der Waals surface area contributed by atoms with E-state index in [4.69, 9.17) is 4.74 Å². The van der Waals surface area contributed by atoms with E-state index in [0.29, 0.717) is 0 Å². The molecule has 1 aliphatic heterocycles. The second kappa shape index (κ2) is 7.55. The molecule has 1 aliphatic rings. The lowest BCUT2D eigenvalue weighted by atomic mass is 9.79. The van der Waals surface area contributed by atoms with Crippen molar-refractivity contribution in [3.63, 3.8) is 0 Å². The summed E-state index contributed by atoms with van der Waals surface area (Å²) in [5.74, 6) is 0.901. The Hall–Kier alpha value is -4.10. The molecule has 0 fully saturated rings. The molecule has 0 spiro atoms. The monoisotopic (exact) mass is 410 g/mol. The van der Waals surface area contributed by atoms with Crippen LogP contribution >= 0.6 is 0 Å². The Morgan fingerprint density at radius 1 is 0.500 bits per heavy atom. The third-order valence-electron chi connectivity index (χ3n) is 6.27. The maximum absolute atomic E-state index is 6.98. The predicted octanol–water partition coefficient (Wildman–Crippen LogP) is 7.61. The van der Waals surface area contributed by atoms with Crippen LogP contribution in [0.25, 0.3) is 16.3 Å². The van der Waals surface area contributed by atoms with Crippen LogP contribution in [0.15, 0.2) is 133 Å². The van der Waals surface area contributed by atoms with E-state index in [1.54, 1.807) is 0 Å². The Kier molecular flexibility index (Phi) is 4.40. The number of fused-ring (bicyclic) bond motifs is 3. The molecule has 1 heterocycles. The van der Waals surface area contributed by atoms with E-state index in [1.807, 2.05) is 12.1 Å². The maximum Gasteiger partial charge on any atom is 0.178 e. The fourth-order valence-electron chi connectivity index (χ4n) is 4.76. The Morgan fingerprint density at radius 3 is 1.72 bits per heavy atom. The van der Waals surface area contributed by atoms with Crippen molar-refractivity contribution in [1.82, 2.24) is 0 Å². The van der Waals surface area contributed by atoms with Crippen molar-refractivity contribution in [2.45, 2.75) is 5.60 Å². The average Bonchev–Trinajstić information content (AvgIpc) is 2.89. The summed E-state index contributed by atoms with van der Waals surface area (Å²) in [4.78, 5) is 0. The third kappa shape index (κ3) is 2.94. The first-order valence-corrected chi connectivity index (χ1v) is 11.0. The number of rotatable bonds is 3. The molecule has 0 saturated carbocycles. The molecule has 0 bridgehead atoms. The predicted molar refractivity (Wildman–Crippen MR) is 132 cm³/mol. The summed E-state index contributed by atoms with van der Waals surface area (Å²) >= 11 is 0. The molecule has 0 amide bonds. The van der Waals surface area contributed by atoms with E-state index < -0.39 is 5.60 Å². The van der Waals surface area contributed by atoms with E-state index in [2.05, 4.69) is 121 Å². The summed E-state index contributed by atoms with van der Waals surface area (Å²) in [5.41, 5.74) is 5.03. The summed E-state index contributed by atoms with van der Waals surface area (Å²) in [7, 11) is 0. The highest BCUT2D eigenvalue weighted by Gasteiger charge is 2.39. The van der Waals surface area contributed by atoms with Crippen LogP contribution in [-0.2, 0) is 5.60 Å². The van der Waals surface area contributed by atoms with Crippen LogP contribution < -0.4 is 4.74 Å². The molecule has 0 aromatic heterocycles. The lowest BCUT2D eigenvalue weighted by Gasteiger charge is -2.38. The van der Waals surface area contributed by atoms with E-state index >= 15 is 0 Å². The van der Waals surface area contributed by atoms with E-state index in [0.717, 1.165) is 22.4 Å². The van der Waals surface area contributed by atoms with Gasteiger partial charge in [-0.1, -0.05) is 121 Å². The number of benzene rings is 5. The molecule has 1 nitrogen and oxygen atoms in total. The van der Waals surface area contributed by atoms with Gasteiger partial charge in [-0.05, 0) is 34.1 Å². The van der Waals surface area contributed by atoms with Gasteiger partial charge in [-0.15, -0.1) is 0 Å². The van der Waals surface area contributed by atoms with Gasteiger partial charge in [-0.3, -0.25) is 0 Å². The lowest BCUT2D eigenvalue weighted by molar-refractivity contribution is 0.160. The van der Waals surface area contributed by atoms with Crippen molar-refractivity contribution in [3.05, 3.63) is 156 Å². The normalized spacial score (nSPS) is 14.3. The zero-order valence-electron chi connectivity index (χ0n) is 17.6. The highest BCUT2D eigenvalue weighted by Crippen LogP contribution is 2.49. The van der Waals surface area contributed by atoms with Crippen LogP contribution in [0.4, 0.5) is 0 Å². The van der Waals surface area contributed by atoms with Gasteiger partial charge in [0.2, 0.25) is 0 Å².